The fourth-order valence-electron chi connectivity index (χ4n) is 2.39. The van der Waals surface area contributed by atoms with Crippen LogP contribution in [0, 0.1) is 5.82 Å². The van der Waals surface area contributed by atoms with Gasteiger partial charge in [-0.25, -0.2) is 9.18 Å². The first-order valence-electron chi connectivity index (χ1n) is 8.94. The van der Waals surface area contributed by atoms with Crippen molar-refractivity contribution in [2.24, 2.45) is 0 Å². The largest absolute Gasteiger partial charge is 0.444 e. The molecule has 154 valence electrons. The third-order valence-electron chi connectivity index (χ3n) is 3.61. The predicted molar refractivity (Wildman–Crippen MR) is 108 cm³/mol. The van der Waals surface area contributed by atoms with Gasteiger partial charge in [-0.3, -0.25) is 14.9 Å². The van der Waals surface area contributed by atoms with Gasteiger partial charge in [-0.05, 0) is 63.2 Å². The normalized spacial score (nSPS) is 10.8. The SMILES string of the molecule is CN(CC(=O)Nc1cccc(F)c1)C(=O)c1ccc(NC(=O)OC(C)(C)C)cc1. The van der Waals surface area contributed by atoms with Crippen molar-refractivity contribution in [3.05, 3.63) is 59.9 Å². The van der Waals surface area contributed by atoms with Crippen LogP contribution in [0.5, 0.6) is 0 Å². The first kappa shape index (κ1) is 21.9. The molecular formula is C21H24FN3O4. The molecule has 0 aliphatic rings. The fraction of sp³-hybridized carbons (Fsp3) is 0.286. The Morgan fingerprint density at radius 1 is 1.00 bits per heavy atom. The highest BCUT2D eigenvalue weighted by Gasteiger charge is 2.17. The lowest BCUT2D eigenvalue weighted by Gasteiger charge is -2.20. The van der Waals surface area contributed by atoms with Crippen molar-refractivity contribution in [1.82, 2.24) is 4.90 Å². The van der Waals surface area contributed by atoms with E-state index < -0.39 is 23.4 Å². The number of halogens is 1. The summed E-state index contributed by atoms with van der Waals surface area (Å²) >= 11 is 0. The van der Waals surface area contributed by atoms with Crippen LogP contribution >= 0.6 is 0 Å². The second kappa shape index (κ2) is 9.18. The van der Waals surface area contributed by atoms with Crippen molar-refractivity contribution in [2.45, 2.75) is 26.4 Å². The summed E-state index contributed by atoms with van der Waals surface area (Å²) < 4.78 is 18.3. The molecule has 29 heavy (non-hydrogen) atoms. The van der Waals surface area contributed by atoms with Crippen molar-refractivity contribution >= 4 is 29.3 Å². The van der Waals surface area contributed by atoms with Crippen molar-refractivity contribution in [2.75, 3.05) is 24.2 Å². The van der Waals surface area contributed by atoms with Crippen LogP contribution in [0.2, 0.25) is 0 Å². The van der Waals surface area contributed by atoms with Gasteiger partial charge in [0.05, 0.1) is 6.54 Å². The van der Waals surface area contributed by atoms with E-state index in [0.29, 0.717) is 16.9 Å². The van der Waals surface area contributed by atoms with E-state index in [-0.39, 0.29) is 12.5 Å². The molecule has 2 aromatic rings. The highest BCUT2D eigenvalue weighted by molar-refractivity contribution is 5.99. The number of benzene rings is 2. The van der Waals surface area contributed by atoms with Crippen molar-refractivity contribution in [3.8, 4) is 0 Å². The molecule has 8 heteroatoms. The van der Waals surface area contributed by atoms with E-state index in [0.717, 1.165) is 0 Å². The molecule has 0 saturated carbocycles. The third kappa shape index (κ3) is 7.25. The van der Waals surface area contributed by atoms with Gasteiger partial charge < -0.3 is 15.0 Å². The van der Waals surface area contributed by atoms with E-state index in [1.54, 1.807) is 39.0 Å². The average Bonchev–Trinajstić information content (AvgIpc) is 2.60. The number of nitrogens with one attached hydrogen (secondary N) is 2. The highest BCUT2D eigenvalue weighted by Crippen LogP contribution is 2.14. The molecule has 7 nitrogen and oxygen atoms in total. The van der Waals surface area contributed by atoms with E-state index in [9.17, 15) is 18.8 Å². The summed E-state index contributed by atoms with van der Waals surface area (Å²) in [6.45, 7) is 5.07. The molecule has 0 unspecified atom stereocenters. The van der Waals surface area contributed by atoms with E-state index >= 15 is 0 Å². The quantitative estimate of drug-likeness (QED) is 0.796. The molecule has 0 spiro atoms. The number of rotatable bonds is 5. The van der Waals surface area contributed by atoms with E-state index in [1.165, 1.54) is 42.3 Å². The van der Waals surface area contributed by atoms with E-state index in [4.69, 9.17) is 4.74 Å². The lowest BCUT2D eigenvalue weighted by Crippen LogP contribution is -2.34. The van der Waals surface area contributed by atoms with E-state index in [2.05, 4.69) is 10.6 Å². The van der Waals surface area contributed by atoms with Crippen LogP contribution in [0.1, 0.15) is 31.1 Å². The van der Waals surface area contributed by atoms with Crippen molar-refractivity contribution in [3.63, 3.8) is 0 Å². The maximum atomic E-state index is 13.2. The standard InChI is InChI=1S/C21H24FN3O4/c1-21(2,3)29-20(28)24-16-10-8-14(9-11-16)19(27)25(4)13-18(26)23-17-7-5-6-15(22)12-17/h5-12H,13H2,1-4H3,(H,23,26)(H,24,28). The molecule has 0 aliphatic carbocycles. The van der Waals surface area contributed by atoms with Gasteiger partial charge in [-0.1, -0.05) is 6.07 Å². The Balaban J connectivity index is 1.91. The summed E-state index contributed by atoms with van der Waals surface area (Å²) in [5, 5.41) is 5.11. The Bertz CT molecular complexity index is 892. The molecule has 0 radical (unpaired) electrons. The Morgan fingerprint density at radius 3 is 2.24 bits per heavy atom. The zero-order valence-electron chi connectivity index (χ0n) is 16.8. The Morgan fingerprint density at radius 2 is 1.66 bits per heavy atom. The summed E-state index contributed by atoms with van der Waals surface area (Å²) in [6, 6.07) is 11.7. The minimum atomic E-state index is -0.616. The smallest absolute Gasteiger partial charge is 0.412 e. The number of anilines is 2. The van der Waals surface area contributed by atoms with Gasteiger partial charge in [-0.15, -0.1) is 0 Å². The number of ether oxygens (including phenoxy) is 1. The molecule has 0 bridgehead atoms. The summed E-state index contributed by atoms with van der Waals surface area (Å²) in [5.74, 6) is -1.29. The van der Waals surface area contributed by atoms with Crippen LogP contribution in [-0.2, 0) is 9.53 Å². The number of amides is 3. The molecule has 2 aromatic carbocycles. The monoisotopic (exact) mass is 401 g/mol. The van der Waals surface area contributed by atoms with Gasteiger partial charge in [0.15, 0.2) is 0 Å². The Hall–Kier alpha value is -3.42. The number of nitrogens with zero attached hydrogens (tertiary/aromatic N) is 1. The van der Waals surface area contributed by atoms with Crippen LogP contribution in [0.3, 0.4) is 0 Å². The summed E-state index contributed by atoms with van der Waals surface area (Å²) in [6.07, 6.45) is -0.595. The third-order valence-corrected chi connectivity index (χ3v) is 3.61. The fourth-order valence-corrected chi connectivity index (χ4v) is 2.39. The Kier molecular flexibility index (Phi) is 6.93. The molecule has 2 rings (SSSR count). The summed E-state index contributed by atoms with van der Waals surface area (Å²) in [7, 11) is 1.49. The molecule has 0 aliphatic heterocycles. The molecule has 0 heterocycles. The predicted octanol–water partition coefficient (Wildman–Crippen LogP) is 3.88. The lowest BCUT2D eigenvalue weighted by molar-refractivity contribution is -0.116. The summed E-state index contributed by atoms with van der Waals surface area (Å²) in [4.78, 5) is 37.6. The average molecular weight is 401 g/mol. The van der Waals surface area contributed by atoms with Crippen molar-refractivity contribution < 1.29 is 23.5 Å². The number of hydrogen-bond acceptors (Lipinski definition) is 4. The highest BCUT2D eigenvalue weighted by atomic mass is 19.1. The topological polar surface area (TPSA) is 87.7 Å². The number of hydrogen-bond donors (Lipinski definition) is 2. The van der Waals surface area contributed by atoms with Gasteiger partial charge in [0.25, 0.3) is 5.91 Å². The molecule has 0 aromatic heterocycles. The molecule has 0 saturated heterocycles. The minimum absolute atomic E-state index is 0.201. The second-order valence-corrected chi connectivity index (χ2v) is 7.42. The maximum Gasteiger partial charge on any atom is 0.412 e. The van der Waals surface area contributed by atoms with Crippen molar-refractivity contribution in [1.29, 1.82) is 0 Å². The van der Waals surface area contributed by atoms with Crippen LogP contribution < -0.4 is 10.6 Å². The number of likely N-dealkylation sites (N-methyl/N-ethyl adjacent to an activating group) is 1. The van der Waals surface area contributed by atoms with E-state index in [1.807, 2.05) is 0 Å². The first-order chi connectivity index (χ1) is 13.5. The van der Waals surface area contributed by atoms with Crippen LogP contribution in [0.15, 0.2) is 48.5 Å². The van der Waals surface area contributed by atoms with Crippen LogP contribution in [0.25, 0.3) is 0 Å². The zero-order chi connectivity index (χ0) is 21.6. The maximum absolute atomic E-state index is 13.2. The second-order valence-electron chi connectivity index (χ2n) is 7.42. The molecule has 0 atom stereocenters. The lowest BCUT2D eigenvalue weighted by atomic mass is 10.2. The van der Waals surface area contributed by atoms with Gasteiger partial charge >= 0.3 is 6.09 Å². The van der Waals surface area contributed by atoms with Gasteiger partial charge in [0.2, 0.25) is 5.91 Å². The molecule has 0 fully saturated rings. The van der Waals surface area contributed by atoms with Crippen LogP contribution in [0.4, 0.5) is 20.6 Å². The van der Waals surface area contributed by atoms with Gasteiger partial charge in [-0.2, -0.15) is 0 Å². The first-order valence-corrected chi connectivity index (χ1v) is 8.94. The van der Waals surface area contributed by atoms with Crippen LogP contribution in [-0.4, -0.2) is 42.0 Å². The zero-order valence-corrected chi connectivity index (χ0v) is 16.8. The van der Waals surface area contributed by atoms with Gasteiger partial charge in [0.1, 0.15) is 11.4 Å². The number of carbonyl (C=O) groups excluding carboxylic acids is 3. The molecule has 2 N–H and O–H groups in total. The summed E-state index contributed by atoms with van der Waals surface area (Å²) in [5.41, 5.74) is 0.519. The molecule has 3 amide bonds. The van der Waals surface area contributed by atoms with Gasteiger partial charge in [0, 0.05) is 24.0 Å². The molecular weight excluding hydrogens is 377 g/mol. The minimum Gasteiger partial charge on any atom is -0.444 e. The Labute approximate surface area is 168 Å². The number of carbonyl (C=O) groups is 3.